The van der Waals surface area contributed by atoms with Gasteiger partial charge in [0.2, 0.25) is 11.8 Å². The second-order valence-electron chi connectivity index (χ2n) is 5.36. The summed E-state index contributed by atoms with van der Waals surface area (Å²) >= 11 is 5.78. The second-order valence-corrected chi connectivity index (χ2v) is 5.80. The summed E-state index contributed by atoms with van der Waals surface area (Å²) in [7, 11) is 1.56. The lowest BCUT2D eigenvalue weighted by Gasteiger charge is -2.19. The predicted octanol–water partition coefficient (Wildman–Crippen LogP) is 1.50. The molecule has 0 aliphatic heterocycles. The standard InChI is InChI=1S/C15H19ClN2O3/c1-18(9-14(20)17-12-6-7-12)15(21)8-13(19)10-2-4-11(16)5-3-10/h2-5,12-13,19H,6-9H2,1H3,(H,17,20). The molecule has 1 aliphatic carbocycles. The number of nitrogens with one attached hydrogen (secondary N) is 1. The van der Waals surface area contributed by atoms with Gasteiger partial charge in [-0.3, -0.25) is 9.59 Å². The van der Waals surface area contributed by atoms with E-state index in [4.69, 9.17) is 11.6 Å². The first kappa shape index (κ1) is 15.8. The fraction of sp³-hybridized carbons (Fsp3) is 0.467. The third-order valence-corrected chi connectivity index (χ3v) is 3.62. The monoisotopic (exact) mass is 310 g/mol. The molecule has 0 bridgehead atoms. The van der Waals surface area contributed by atoms with E-state index in [1.807, 2.05) is 0 Å². The Hall–Kier alpha value is -1.59. The van der Waals surface area contributed by atoms with Crippen LogP contribution in [0.4, 0.5) is 0 Å². The van der Waals surface area contributed by atoms with Gasteiger partial charge in [0.15, 0.2) is 0 Å². The van der Waals surface area contributed by atoms with Gasteiger partial charge in [-0.15, -0.1) is 0 Å². The van der Waals surface area contributed by atoms with Crippen LogP contribution in [0.15, 0.2) is 24.3 Å². The third-order valence-electron chi connectivity index (χ3n) is 3.37. The Labute approximate surface area is 128 Å². The molecule has 5 nitrogen and oxygen atoms in total. The van der Waals surface area contributed by atoms with Gasteiger partial charge in [0.05, 0.1) is 19.1 Å². The van der Waals surface area contributed by atoms with Gasteiger partial charge in [0.25, 0.3) is 0 Å². The summed E-state index contributed by atoms with van der Waals surface area (Å²) in [6.07, 6.45) is 1.07. The Balaban J connectivity index is 1.81. The second kappa shape index (κ2) is 6.91. The summed E-state index contributed by atoms with van der Waals surface area (Å²) in [6.45, 7) is 0.0165. The first-order valence-corrected chi connectivity index (χ1v) is 7.30. The molecule has 2 rings (SSSR count). The molecule has 1 unspecified atom stereocenters. The van der Waals surface area contributed by atoms with E-state index in [0.29, 0.717) is 10.6 Å². The number of nitrogens with zero attached hydrogens (tertiary/aromatic N) is 1. The maximum absolute atomic E-state index is 12.0. The molecule has 1 aromatic rings. The van der Waals surface area contributed by atoms with Gasteiger partial charge in [-0.25, -0.2) is 0 Å². The zero-order valence-electron chi connectivity index (χ0n) is 11.9. The van der Waals surface area contributed by atoms with E-state index in [2.05, 4.69) is 5.32 Å². The van der Waals surface area contributed by atoms with Gasteiger partial charge in [-0.05, 0) is 30.5 Å². The molecule has 114 valence electrons. The highest BCUT2D eigenvalue weighted by atomic mass is 35.5. The van der Waals surface area contributed by atoms with E-state index in [0.717, 1.165) is 12.8 Å². The molecule has 0 heterocycles. The molecule has 0 spiro atoms. The van der Waals surface area contributed by atoms with Crippen molar-refractivity contribution in [2.24, 2.45) is 0 Å². The Bertz CT molecular complexity index is 514. The topological polar surface area (TPSA) is 69.6 Å². The van der Waals surface area contributed by atoms with Crippen LogP contribution < -0.4 is 5.32 Å². The van der Waals surface area contributed by atoms with Crippen molar-refractivity contribution in [3.63, 3.8) is 0 Å². The SMILES string of the molecule is CN(CC(=O)NC1CC1)C(=O)CC(O)c1ccc(Cl)cc1. The minimum atomic E-state index is -0.899. The van der Waals surface area contributed by atoms with Crippen molar-refractivity contribution < 1.29 is 14.7 Å². The van der Waals surface area contributed by atoms with E-state index in [-0.39, 0.29) is 30.8 Å². The van der Waals surface area contributed by atoms with Crippen molar-refractivity contribution in [3.05, 3.63) is 34.9 Å². The Morgan fingerprint density at radius 3 is 2.57 bits per heavy atom. The molecule has 0 radical (unpaired) electrons. The highest BCUT2D eigenvalue weighted by Crippen LogP contribution is 2.20. The highest BCUT2D eigenvalue weighted by Gasteiger charge is 2.24. The van der Waals surface area contributed by atoms with Crippen molar-refractivity contribution in [1.82, 2.24) is 10.2 Å². The molecule has 21 heavy (non-hydrogen) atoms. The van der Waals surface area contributed by atoms with Gasteiger partial charge in [0.1, 0.15) is 0 Å². The van der Waals surface area contributed by atoms with E-state index in [9.17, 15) is 14.7 Å². The van der Waals surface area contributed by atoms with Crippen molar-refractivity contribution in [1.29, 1.82) is 0 Å². The van der Waals surface area contributed by atoms with Crippen LogP contribution in [0, 0.1) is 0 Å². The van der Waals surface area contributed by atoms with Crippen LogP contribution in [0.1, 0.15) is 30.9 Å². The number of likely N-dealkylation sites (N-methyl/N-ethyl adjacent to an activating group) is 1. The normalized spacial score (nSPS) is 15.4. The largest absolute Gasteiger partial charge is 0.388 e. The smallest absolute Gasteiger partial charge is 0.239 e. The lowest BCUT2D eigenvalue weighted by atomic mass is 10.1. The fourth-order valence-electron chi connectivity index (χ4n) is 1.93. The van der Waals surface area contributed by atoms with Crippen LogP contribution in [0.25, 0.3) is 0 Å². The number of aliphatic hydroxyl groups is 1. The van der Waals surface area contributed by atoms with Crippen molar-refractivity contribution in [2.75, 3.05) is 13.6 Å². The Morgan fingerprint density at radius 1 is 1.38 bits per heavy atom. The van der Waals surface area contributed by atoms with E-state index in [1.165, 1.54) is 4.90 Å². The first-order chi connectivity index (χ1) is 9.95. The highest BCUT2D eigenvalue weighted by molar-refractivity contribution is 6.30. The summed E-state index contributed by atoms with van der Waals surface area (Å²) in [5.74, 6) is -0.433. The van der Waals surface area contributed by atoms with Crippen LogP contribution in [-0.2, 0) is 9.59 Å². The Morgan fingerprint density at radius 2 is 2.00 bits per heavy atom. The van der Waals surface area contributed by atoms with Crippen molar-refractivity contribution in [3.8, 4) is 0 Å². The minimum absolute atomic E-state index is 0.0165. The van der Waals surface area contributed by atoms with Gasteiger partial charge in [-0.1, -0.05) is 23.7 Å². The summed E-state index contributed by atoms with van der Waals surface area (Å²) in [5, 5.41) is 13.4. The molecule has 2 amide bonds. The molecule has 2 N–H and O–H groups in total. The predicted molar refractivity (Wildman–Crippen MR) is 79.8 cm³/mol. The van der Waals surface area contributed by atoms with E-state index < -0.39 is 6.10 Å². The molecule has 1 aromatic carbocycles. The zero-order chi connectivity index (χ0) is 15.4. The van der Waals surface area contributed by atoms with Gasteiger partial charge in [-0.2, -0.15) is 0 Å². The molecule has 0 aromatic heterocycles. The third kappa shape index (κ3) is 5.02. The number of carbonyl (C=O) groups excluding carboxylic acids is 2. The summed E-state index contributed by atoms with van der Waals surface area (Å²) in [5.41, 5.74) is 0.628. The van der Waals surface area contributed by atoms with Gasteiger partial charge in [0, 0.05) is 18.1 Å². The zero-order valence-corrected chi connectivity index (χ0v) is 12.6. The van der Waals surface area contributed by atoms with Crippen LogP contribution in [-0.4, -0.2) is 41.5 Å². The van der Waals surface area contributed by atoms with Crippen LogP contribution >= 0.6 is 11.6 Å². The number of carbonyl (C=O) groups is 2. The number of aliphatic hydroxyl groups excluding tert-OH is 1. The molecule has 1 saturated carbocycles. The lowest BCUT2D eigenvalue weighted by molar-refractivity contribution is -0.136. The maximum Gasteiger partial charge on any atom is 0.239 e. The van der Waals surface area contributed by atoms with Gasteiger partial charge >= 0.3 is 0 Å². The van der Waals surface area contributed by atoms with Crippen molar-refractivity contribution in [2.45, 2.75) is 31.4 Å². The number of amides is 2. The molecule has 1 aliphatic rings. The van der Waals surface area contributed by atoms with E-state index in [1.54, 1.807) is 31.3 Å². The summed E-state index contributed by atoms with van der Waals surface area (Å²) < 4.78 is 0. The molecular weight excluding hydrogens is 292 g/mol. The van der Waals surface area contributed by atoms with Crippen molar-refractivity contribution >= 4 is 23.4 Å². The number of hydrogen-bond acceptors (Lipinski definition) is 3. The molecular formula is C15H19ClN2O3. The number of hydrogen-bond donors (Lipinski definition) is 2. The molecule has 0 saturated heterocycles. The number of rotatable bonds is 6. The Kier molecular flexibility index (Phi) is 5.20. The average Bonchev–Trinajstić information content (AvgIpc) is 3.22. The lowest BCUT2D eigenvalue weighted by Crippen LogP contribution is -2.39. The summed E-state index contributed by atoms with van der Waals surface area (Å²) in [4.78, 5) is 24.9. The fourth-order valence-corrected chi connectivity index (χ4v) is 2.05. The first-order valence-electron chi connectivity index (χ1n) is 6.92. The summed E-state index contributed by atoms with van der Waals surface area (Å²) in [6, 6.07) is 6.97. The molecule has 6 heteroatoms. The van der Waals surface area contributed by atoms with Crippen LogP contribution in [0.5, 0.6) is 0 Å². The number of benzene rings is 1. The van der Waals surface area contributed by atoms with Gasteiger partial charge < -0.3 is 15.3 Å². The average molecular weight is 311 g/mol. The quantitative estimate of drug-likeness (QED) is 0.836. The van der Waals surface area contributed by atoms with Crippen LogP contribution in [0.2, 0.25) is 5.02 Å². The minimum Gasteiger partial charge on any atom is -0.388 e. The van der Waals surface area contributed by atoms with Crippen LogP contribution in [0.3, 0.4) is 0 Å². The van der Waals surface area contributed by atoms with E-state index >= 15 is 0 Å². The molecule has 1 atom stereocenters. The maximum atomic E-state index is 12.0. The number of halogens is 1. The molecule has 1 fully saturated rings.